The second kappa shape index (κ2) is 9.49. The fraction of sp³-hybridized carbons (Fsp3) is 0.263. The minimum absolute atomic E-state index is 0.0701. The van der Waals surface area contributed by atoms with E-state index in [0.29, 0.717) is 0 Å². The van der Waals surface area contributed by atoms with Gasteiger partial charge in [-0.3, -0.25) is 14.9 Å². The summed E-state index contributed by atoms with van der Waals surface area (Å²) in [5, 5.41) is 13.5. The maximum atomic E-state index is 12.9. The molecule has 10 heteroatoms. The number of carbonyl (C=O) groups excluding carboxylic acids is 2. The maximum absolute atomic E-state index is 12.9. The van der Waals surface area contributed by atoms with Crippen LogP contribution in [0, 0.1) is 15.9 Å². The van der Waals surface area contributed by atoms with Gasteiger partial charge in [-0.1, -0.05) is 0 Å². The van der Waals surface area contributed by atoms with Crippen molar-refractivity contribution in [3.8, 4) is 11.5 Å². The van der Waals surface area contributed by atoms with E-state index in [9.17, 15) is 24.1 Å². The minimum Gasteiger partial charge on any atom is -0.496 e. The molecule has 2 rings (SSSR count). The lowest BCUT2D eigenvalue weighted by Gasteiger charge is -2.18. The van der Waals surface area contributed by atoms with Crippen molar-refractivity contribution in [2.24, 2.45) is 0 Å². The number of esters is 1. The molecule has 0 unspecified atom stereocenters. The number of anilines is 1. The van der Waals surface area contributed by atoms with Crippen LogP contribution in [0.5, 0.6) is 11.5 Å². The lowest BCUT2D eigenvalue weighted by molar-refractivity contribution is -0.384. The topological polar surface area (TPSA) is 117 Å². The van der Waals surface area contributed by atoms with E-state index in [4.69, 9.17) is 14.2 Å². The summed E-state index contributed by atoms with van der Waals surface area (Å²) < 4.78 is 28.2. The van der Waals surface area contributed by atoms with E-state index >= 15 is 0 Å². The molecule has 0 aliphatic heterocycles. The molecule has 29 heavy (non-hydrogen) atoms. The van der Waals surface area contributed by atoms with Gasteiger partial charge in [-0.05, 0) is 50.2 Å². The Balaban J connectivity index is 1.98. The van der Waals surface area contributed by atoms with Gasteiger partial charge in [0.25, 0.3) is 11.6 Å². The Bertz CT molecular complexity index is 902. The second-order valence-corrected chi connectivity index (χ2v) is 5.92. The van der Waals surface area contributed by atoms with E-state index in [0.717, 1.165) is 6.07 Å². The minimum atomic E-state index is -1.25. The first-order chi connectivity index (χ1) is 13.7. The molecule has 0 saturated carbocycles. The van der Waals surface area contributed by atoms with Gasteiger partial charge in [0.05, 0.1) is 18.1 Å². The average molecular weight is 406 g/mol. The Morgan fingerprint density at radius 2 is 1.69 bits per heavy atom. The number of amides is 1. The summed E-state index contributed by atoms with van der Waals surface area (Å²) in [7, 11) is 1.36. The molecule has 9 nitrogen and oxygen atoms in total. The third-order valence-corrected chi connectivity index (χ3v) is 3.78. The summed E-state index contributed by atoms with van der Waals surface area (Å²) in [6.45, 7) is 2.72. The highest BCUT2D eigenvalue weighted by atomic mass is 19.1. The highest BCUT2D eigenvalue weighted by Gasteiger charge is 2.25. The summed E-state index contributed by atoms with van der Waals surface area (Å²) in [6, 6.07) is 8.94. The van der Waals surface area contributed by atoms with Gasteiger partial charge in [0.1, 0.15) is 23.0 Å². The van der Waals surface area contributed by atoms with Gasteiger partial charge in [-0.2, -0.15) is 0 Å². The zero-order chi connectivity index (χ0) is 21.6. The number of ether oxygens (including phenoxy) is 3. The van der Waals surface area contributed by atoms with E-state index < -0.39 is 34.8 Å². The largest absolute Gasteiger partial charge is 0.496 e. The van der Waals surface area contributed by atoms with Gasteiger partial charge in [0.15, 0.2) is 12.2 Å². The SMILES string of the molecule is COc1ccc(NC(=O)[C@@H](C)OC(=O)[C@H](C)Oc2ccc(F)cc2)c([N+](=O)[O-])c1. The van der Waals surface area contributed by atoms with Gasteiger partial charge in [-0.15, -0.1) is 0 Å². The Morgan fingerprint density at radius 1 is 1.07 bits per heavy atom. The summed E-state index contributed by atoms with van der Waals surface area (Å²) in [4.78, 5) is 34.9. The molecule has 2 atom stereocenters. The molecule has 2 aromatic rings. The summed E-state index contributed by atoms with van der Waals surface area (Å²) >= 11 is 0. The number of benzene rings is 2. The molecule has 2 aromatic carbocycles. The summed E-state index contributed by atoms with van der Waals surface area (Å²) in [5.41, 5.74) is -0.441. The predicted octanol–water partition coefficient (Wildman–Crippen LogP) is 3.08. The zero-order valence-electron chi connectivity index (χ0n) is 15.9. The predicted molar refractivity (Wildman–Crippen MR) is 100 cm³/mol. The van der Waals surface area contributed by atoms with E-state index in [1.54, 1.807) is 0 Å². The Morgan fingerprint density at radius 3 is 2.28 bits per heavy atom. The standard InChI is InChI=1S/C19H19FN2O7/c1-11(29-19(24)12(2)28-14-6-4-13(20)5-7-14)18(23)21-16-9-8-15(27-3)10-17(16)22(25)26/h4-12H,1-3H3,(H,21,23)/t11-,12+/m1/s1. The molecular weight excluding hydrogens is 387 g/mol. The van der Waals surface area contributed by atoms with Crippen molar-refractivity contribution in [2.45, 2.75) is 26.1 Å². The fourth-order valence-corrected chi connectivity index (χ4v) is 2.22. The number of carbonyl (C=O) groups is 2. The molecule has 154 valence electrons. The third-order valence-electron chi connectivity index (χ3n) is 3.78. The smallest absolute Gasteiger partial charge is 0.347 e. The average Bonchev–Trinajstić information content (AvgIpc) is 2.69. The van der Waals surface area contributed by atoms with Gasteiger partial charge >= 0.3 is 5.97 Å². The number of nitro groups is 1. The zero-order valence-corrected chi connectivity index (χ0v) is 15.9. The van der Waals surface area contributed by atoms with Crippen LogP contribution in [0.15, 0.2) is 42.5 Å². The molecule has 0 spiro atoms. The van der Waals surface area contributed by atoms with Crippen molar-refractivity contribution in [1.82, 2.24) is 0 Å². The Labute approximate surface area is 165 Å². The van der Waals surface area contributed by atoms with Crippen molar-refractivity contribution in [1.29, 1.82) is 0 Å². The van der Waals surface area contributed by atoms with E-state index in [2.05, 4.69) is 5.32 Å². The first-order valence-corrected chi connectivity index (χ1v) is 8.47. The second-order valence-electron chi connectivity index (χ2n) is 5.92. The number of nitro benzene ring substituents is 1. The normalized spacial score (nSPS) is 12.4. The summed E-state index contributed by atoms with van der Waals surface area (Å²) in [5.74, 6) is -1.55. The lowest BCUT2D eigenvalue weighted by atomic mass is 10.2. The first-order valence-electron chi connectivity index (χ1n) is 8.47. The van der Waals surface area contributed by atoms with Crippen molar-refractivity contribution in [3.63, 3.8) is 0 Å². The number of nitrogens with one attached hydrogen (secondary N) is 1. The highest BCUT2D eigenvalue weighted by molar-refractivity contribution is 5.97. The molecule has 0 aliphatic carbocycles. The van der Waals surface area contributed by atoms with Gasteiger partial charge in [-0.25, -0.2) is 9.18 Å². The van der Waals surface area contributed by atoms with Crippen LogP contribution in [0.4, 0.5) is 15.8 Å². The maximum Gasteiger partial charge on any atom is 0.347 e. The van der Waals surface area contributed by atoms with Crippen molar-refractivity contribution in [2.75, 3.05) is 12.4 Å². The van der Waals surface area contributed by atoms with E-state index in [1.165, 1.54) is 57.4 Å². The first kappa shape index (κ1) is 21.6. The van der Waals surface area contributed by atoms with E-state index in [1.807, 2.05) is 0 Å². The number of hydrogen-bond donors (Lipinski definition) is 1. The molecule has 0 heterocycles. The molecule has 0 fully saturated rings. The van der Waals surface area contributed by atoms with Gasteiger partial charge in [0, 0.05) is 0 Å². The molecule has 0 saturated heterocycles. The van der Waals surface area contributed by atoms with Crippen LogP contribution in [0.25, 0.3) is 0 Å². The summed E-state index contributed by atoms with van der Waals surface area (Å²) in [6.07, 6.45) is -2.31. The lowest BCUT2D eigenvalue weighted by Crippen LogP contribution is -2.35. The third kappa shape index (κ3) is 5.89. The van der Waals surface area contributed by atoms with E-state index in [-0.39, 0.29) is 22.9 Å². The van der Waals surface area contributed by atoms with Crippen molar-refractivity contribution < 1.29 is 33.1 Å². The van der Waals surface area contributed by atoms with Crippen LogP contribution in [-0.2, 0) is 14.3 Å². The quantitative estimate of drug-likeness (QED) is 0.407. The number of nitrogens with zero attached hydrogens (tertiary/aromatic N) is 1. The highest BCUT2D eigenvalue weighted by Crippen LogP contribution is 2.29. The van der Waals surface area contributed by atoms with Crippen molar-refractivity contribution in [3.05, 3.63) is 58.4 Å². The van der Waals surface area contributed by atoms with Crippen LogP contribution in [0.2, 0.25) is 0 Å². The molecule has 0 aromatic heterocycles. The molecule has 1 amide bonds. The van der Waals surface area contributed by atoms with Crippen molar-refractivity contribution >= 4 is 23.3 Å². The van der Waals surface area contributed by atoms with Crippen LogP contribution in [-0.4, -0.2) is 36.1 Å². The van der Waals surface area contributed by atoms with Crippen LogP contribution < -0.4 is 14.8 Å². The molecule has 1 N–H and O–H groups in total. The molecule has 0 aliphatic rings. The van der Waals surface area contributed by atoms with Crippen LogP contribution >= 0.6 is 0 Å². The molecular formula is C19H19FN2O7. The van der Waals surface area contributed by atoms with Gasteiger partial charge < -0.3 is 19.5 Å². The number of methoxy groups -OCH3 is 1. The number of halogens is 1. The Hall–Kier alpha value is -3.69. The van der Waals surface area contributed by atoms with Crippen LogP contribution in [0.3, 0.4) is 0 Å². The number of rotatable bonds is 8. The number of hydrogen-bond acceptors (Lipinski definition) is 7. The molecule has 0 bridgehead atoms. The molecule has 0 radical (unpaired) electrons. The van der Waals surface area contributed by atoms with Gasteiger partial charge in [0.2, 0.25) is 0 Å². The Kier molecular flexibility index (Phi) is 7.07. The fourth-order valence-electron chi connectivity index (χ4n) is 2.22. The monoisotopic (exact) mass is 406 g/mol. The van der Waals surface area contributed by atoms with Crippen LogP contribution in [0.1, 0.15) is 13.8 Å².